The Morgan fingerprint density at radius 1 is 1.47 bits per heavy atom. The zero-order chi connectivity index (χ0) is 13.8. The number of rotatable bonds is 4. The van der Waals surface area contributed by atoms with Crippen molar-refractivity contribution in [3.05, 3.63) is 23.1 Å². The summed E-state index contributed by atoms with van der Waals surface area (Å²) >= 11 is 5.76. The van der Waals surface area contributed by atoms with Gasteiger partial charge in [-0.2, -0.15) is 0 Å². The van der Waals surface area contributed by atoms with Crippen LogP contribution in [-0.2, 0) is 0 Å². The van der Waals surface area contributed by atoms with Gasteiger partial charge in [0.05, 0.1) is 5.02 Å². The molecule has 0 spiro atoms. The topological polar surface area (TPSA) is 28.2 Å². The average molecular weight is 286 g/mol. The normalized spacial score (nSPS) is 16.9. The van der Waals surface area contributed by atoms with Crippen LogP contribution in [0.1, 0.15) is 26.7 Å². The Labute approximate surface area is 119 Å². The van der Waals surface area contributed by atoms with E-state index in [2.05, 4.69) is 24.1 Å². The molecule has 1 aliphatic rings. The summed E-state index contributed by atoms with van der Waals surface area (Å²) in [6.45, 7) is 7.08. The second-order valence-corrected chi connectivity index (χ2v) is 5.83. The zero-order valence-electron chi connectivity index (χ0n) is 11.5. The minimum Gasteiger partial charge on any atom is -0.351 e. The van der Waals surface area contributed by atoms with Crippen molar-refractivity contribution in [3.8, 4) is 0 Å². The predicted molar refractivity (Wildman–Crippen MR) is 77.3 cm³/mol. The Kier molecular flexibility index (Phi) is 4.99. The van der Waals surface area contributed by atoms with Crippen LogP contribution in [0, 0.1) is 11.7 Å². The SMILES string of the molecule is CC(C)N(CC1CCNCC1)c1ncc(Cl)cc1F. The highest BCUT2D eigenvalue weighted by atomic mass is 35.5. The van der Waals surface area contributed by atoms with Crippen molar-refractivity contribution in [2.24, 2.45) is 5.92 Å². The summed E-state index contributed by atoms with van der Waals surface area (Å²) in [5.74, 6) is 0.675. The second-order valence-electron chi connectivity index (χ2n) is 5.40. The molecule has 0 amide bonds. The summed E-state index contributed by atoms with van der Waals surface area (Å²) in [4.78, 5) is 6.21. The molecule has 0 radical (unpaired) electrons. The number of anilines is 1. The quantitative estimate of drug-likeness (QED) is 0.921. The minimum atomic E-state index is -0.338. The lowest BCUT2D eigenvalue weighted by atomic mass is 9.97. The molecule has 0 saturated carbocycles. The second kappa shape index (κ2) is 6.53. The van der Waals surface area contributed by atoms with E-state index in [4.69, 9.17) is 11.6 Å². The number of hydrogen-bond donors (Lipinski definition) is 1. The van der Waals surface area contributed by atoms with Crippen molar-refractivity contribution in [2.75, 3.05) is 24.5 Å². The molecule has 1 aliphatic heterocycles. The molecule has 0 bridgehead atoms. The van der Waals surface area contributed by atoms with Gasteiger partial charge in [0.25, 0.3) is 0 Å². The van der Waals surface area contributed by atoms with Crippen LogP contribution < -0.4 is 10.2 Å². The first-order chi connectivity index (χ1) is 9.08. The maximum atomic E-state index is 14.0. The Morgan fingerprint density at radius 2 is 2.16 bits per heavy atom. The summed E-state index contributed by atoms with van der Waals surface area (Å²) in [6, 6.07) is 1.56. The average Bonchev–Trinajstić information content (AvgIpc) is 2.38. The standard InChI is InChI=1S/C14H21ClFN3/c1-10(2)19(9-11-3-5-17-6-4-11)14-13(16)7-12(15)8-18-14/h7-8,10-11,17H,3-6,9H2,1-2H3. The van der Waals surface area contributed by atoms with Gasteiger partial charge in [0.1, 0.15) is 0 Å². The van der Waals surface area contributed by atoms with Crippen molar-refractivity contribution in [1.29, 1.82) is 0 Å². The number of pyridine rings is 1. The molecular formula is C14H21ClFN3. The highest BCUT2D eigenvalue weighted by Crippen LogP contribution is 2.24. The molecule has 1 N–H and O–H groups in total. The van der Waals surface area contributed by atoms with Gasteiger partial charge in [0.15, 0.2) is 11.6 Å². The minimum absolute atomic E-state index is 0.220. The molecule has 0 atom stereocenters. The Hall–Kier alpha value is -0.870. The van der Waals surface area contributed by atoms with Gasteiger partial charge in [-0.05, 0) is 51.8 Å². The van der Waals surface area contributed by atoms with E-state index < -0.39 is 0 Å². The first-order valence-corrected chi connectivity index (χ1v) is 7.24. The summed E-state index contributed by atoms with van der Waals surface area (Å²) in [5, 5.41) is 3.69. The lowest BCUT2D eigenvalue weighted by Crippen LogP contribution is -2.40. The Balaban J connectivity index is 2.14. The van der Waals surface area contributed by atoms with Crippen molar-refractivity contribution < 1.29 is 4.39 Å². The highest BCUT2D eigenvalue weighted by Gasteiger charge is 2.22. The molecule has 3 nitrogen and oxygen atoms in total. The smallest absolute Gasteiger partial charge is 0.167 e. The first kappa shape index (κ1) is 14.5. The zero-order valence-corrected chi connectivity index (χ0v) is 12.3. The first-order valence-electron chi connectivity index (χ1n) is 6.86. The molecular weight excluding hydrogens is 265 g/mol. The number of halogens is 2. The lowest BCUT2D eigenvalue weighted by Gasteiger charge is -2.33. The van der Waals surface area contributed by atoms with Crippen LogP contribution in [0.5, 0.6) is 0 Å². The Bertz CT molecular complexity index is 419. The third kappa shape index (κ3) is 3.80. The van der Waals surface area contributed by atoms with Crippen molar-refractivity contribution in [2.45, 2.75) is 32.7 Å². The lowest BCUT2D eigenvalue weighted by molar-refractivity contribution is 0.365. The third-order valence-corrected chi connectivity index (χ3v) is 3.80. The van der Waals surface area contributed by atoms with Crippen molar-refractivity contribution in [3.63, 3.8) is 0 Å². The van der Waals surface area contributed by atoms with Crippen molar-refractivity contribution >= 4 is 17.4 Å². The van der Waals surface area contributed by atoms with Gasteiger partial charge in [0, 0.05) is 18.8 Å². The number of nitrogens with zero attached hydrogens (tertiary/aromatic N) is 2. The van der Waals surface area contributed by atoms with E-state index >= 15 is 0 Å². The van der Waals surface area contributed by atoms with Crippen LogP contribution in [-0.4, -0.2) is 30.7 Å². The van der Waals surface area contributed by atoms with E-state index in [0.29, 0.717) is 16.8 Å². The summed E-state index contributed by atoms with van der Waals surface area (Å²) < 4.78 is 14.0. The van der Waals surface area contributed by atoms with Crippen LogP contribution in [0.15, 0.2) is 12.3 Å². The number of aromatic nitrogens is 1. The van der Waals surface area contributed by atoms with E-state index in [9.17, 15) is 4.39 Å². The van der Waals surface area contributed by atoms with Crippen LogP contribution in [0.4, 0.5) is 10.2 Å². The van der Waals surface area contributed by atoms with Gasteiger partial charge in [-0.25, -0.2) is 9.37 Å². The van der Waals surface area contributed by atoms with Gasteiger partial charge in [-0.3, -0.25) is 0 Å². The molecule has 1 aromatic rings. The third-order valence-electron chi connectivity index (χ3n) is 3.60. The van der Waals surface area contributed by atoms with Gasteiger partial charge in [-0.1, -0.05) is 11.6 Å². The van der Waals surface area contributed by atoms with Crippen LogP contribution in [0.25, 0.3) is 0 Å². The van der Waals surface area contributed by atoms with E-state index in [1.54, 1.807) is 0 Å². The van der Waals surface area contributed by atoms with E-state index in [-0.39, 0.29) is 11.9 Å². The van der Waals surface area contributed by atoms with Gasteiger partial charge in [-0.15, -0.1) is 0 Å². The summed E-state index contributed by atoms with van der Waals surface area (Å²) in [5.41, 5.74) is 0. The molecule has 0 aromatic carbocycles. The molecule has 106 valence electrons. The largest absolute Gasteiger partial charge is 0.351 e. The van der Waals surface area contributed by atoms with E-state index in [1.807, 2.05) is 4.90 Å². The monoisotopic (exact) mass is 285 g/mol. The van der Waals surface area contributed by atoms with Crippen LogP contribution in [0.3, 0.4) is 0 Å². The maximum Gasteiger partial charge on any atom is 0.167 e. The van der Waals surface area contributed by atoms with Crippen LogP contribution >= 0.6 is 11.6 Å². The molecule has 0 aliphatic carbocycles. The number of nitrogens with one attached hydrogen (secondary N) is 1. The van der Waals surface area contributed by atoms with Crippen molar-refractivity contribution in [1.82, 2.24) is 10.3 Å². The molecule has 0 unspecified atom stereocenters. The number of piperidine rings is 1. The molecule has 1 fully saturated rings. The van der Waals surface area contributed by atoms with E-state index in [0.717, 1.165) is 32.5 Å². The van der Waals surface area contributed by atoms with Gasteiger partial charge in [0.2, 0.25) is 0 Å². The molecule has 5 heteroatoms. The fourth-order valence-corrected chi connectivity index (χ4v) is 2.65. The fraction of sp³-hybridized carbons (Fsp3) is 0.643. The van der Waals surface area contributed by atoms with Gasteiger partial charge < -0.3 is 10.2 Å². The number of hydrogen-bond acceptors (Lipinski definition) is 3. The maximum absolute atomic E-state index is 14.0. The summed E-state index contributed by atoms with van der Waals surface area (Å²) in [6.07, 6.45) is 3.79. The Morgan fingerprint density at radius 3 is 2.74 bits per heavy atom. The molecule has 1 aromatic heterocycles. The fourth-order valence-electron chi connectivity index (χ4n) is 2.50. The van der Waals surface area contributed by atoms with E-state index in [1.165, 1.54) is 12.3 Å². The molecule has 2 heterocycles. The molecule has 19 heavy (non-hydrogen) atoms. The molecule has 1 saturated heterocycles. The highest BCUT2D eigenvalue weighted by molar-refractivity contribution is 6.30. The summed E-state index contributed by atoms with van der Waals surface area (Å²) in [7, 11) is 0. The molecule has 2 rings (SSSR count). The predicted octanol–water partition coefficient (Wildman–Crippen LogP) is 3.09. The van der Waals surface area contributed by atoms with Crippen LogP contribution in [0.2, 0.25) is 5.02 Å². The van der Waals surface area contributed by atoms with Gasteiger partial charge >= 0.3 is 0 Å².